The van der Waals surface area contributed by atoms with Crippen LogP contribution in [0, 0.1) is 0 Å². The number of carbonyl (C=O) groups is 1. The maximum absolute atomic E-state index is 13.0. The van der Waals surface area contributed by atoms with Crippen molar-refractivity contribution in [1.82, 2.24) is 8.96 Å². The van der Waals surface area contributed by atoms with Crippen molar-refractivity contribution in [2.45, 2.75) is 23.9 Å². The second-order valence-electron chi connectivity index (χ2n) is 7.11. The second kappa shape index (κ2) is 7.90. The number of halogens is 3. The number of nitrogens with zero attached hydrogens (tertiary/aromatic N) is 3. The summed E-state index contributed by atoms with van der Waals surface area (Å²) >= 11 is 0. The molecule has 0 aliphatic carbocycles. The molecule has 166 valence electrons. The molecule has 0 N–H and O–H groups in total. The van der Waals surface area contributed by atoms with Crippen molar-refractivity contribution < 1.29 is 26.4 Å². The van der Waals surface area contributed by atoms with E-state index in [0.717, 1.165) is 18.3 Å². The van der Waals surface area contributed by atoms with Crippen LogP contribution in [0.4, 0.5) is 18.9 Å². The molecule has 0 unspecified atom stereocenters. The van der Waals surface area contributed by atoms with E-state index in [0.29, 0.717) is 26.6 Å². The van der Waals surface area contributed by atoms with Crippen molar-refractivity contribution in [1.29, 1.82) is 0 Å². The highest BCUT2D eigenvalue weighted by Crippen LogP contribution is 2.33. The largest absolute Gasteiger partial charge is 0.471 e. The van der Waals surface area contributed by atoms with Gasteiger partial charge in [0.05, 0.1) is 10.6 Å². The molecule has 1 aliphatic rings. The van der Waals surface area contributed by atoms with Gasteiger partial charge in [0.2, 0.25) is 0 Å². The van der Waals surface area contributed by atoms with Crippen LogP contribution in [0.25, 0.3) is 11.3 Å². The highest BCUT2D eigenvalue weighted by atomic mass is 32.2. The second-order valence-corrected chi connectivity index (χ2v) is 8.93. The van der Waals surface area contributed by atoms with Crippen molar-refractivity contribution in [3.8, 4) is 11.3 Å². The van der Waals surface area contributed by atoms with Crippen LogP contribution in [0.5, 0.6) is 0 Å². The fraction of sp³-hybridized carbons (Fsp3) is 0.190. The van der Waals surface area contributed by atoms with Crippen LogP contribution in [0.3, 0.4) is 0 Å². The van der Waals surface area contributed by atoms with Gasteiger partial charge in [0.25, 0.3) is 10.0 Å². The van der Waals surface area contributed by atoms with Crippen molar-refractivity contribution in [3.63, 3.8) is 0 Å². The Morgan fingerprint density at radius 2 is 1.75 bits per heavy atom. The lowest BCUT2D eigenvalue weighted by Crippen LogP contribution is -2.43. The number of fused-ring (bicyclic) bond motifs is 1. The third-order valence-electron chi connectivity index (χ3n) is 5.06. The molecule has 0 spiro atoms. The molecule has 32 heavy (non-hydrogen) atoms. The van der Waals surface area contributed by atoms with Crippen molar-refractivity contribution in [3.05, 3.63) is 76.8 Å². The zero-order chi connectivity index (χ0) is 23.1. The summed E-state index contributed by atoms with van der Waals surface area (Å²) in [4.78, 5) is 28.3. The number of benzene rings is 2. The molecule has 4 rings (SSSR count). The fourth-order valence-corrected chi connectivity index (χ4v) is 4.78. The molecule has 0 bridgehead atoms. The number of anilines is 1. The summed E-state index contributed by atoms with van der Waals surface area (Å²) in [5.74, 6) is -2.01. The zero-order valence-corrected chi connectivity index (χ0v) is 17.2. The standard InChI is InChI=1S/C21H16F3N3O4S/c22-21(23,24)19(28)26-11-4-7-15-13-16(8-9-18(15)26)32(30,31)27-12-10-17(25-20(27)29)14-5-2-1-3-6-14/h1-3,5-6,8-10,12-13H,4,7,11H2. The summed E-state index contributed by atoms with van der Waals surface area (Å²) in [6.07, 6.45) is -3.42. The lowest BCUT2D eigenvalue weighted by atomic mass is 10.0. The summed E-state index contributed by atoms with van der Waals surface area (Å²) in [6.45, 7) is -0.123. The summed E-state index contributed by atoms with van der Waals surface area (Å²) in [5.41, 5.74) is 0.198. The number of hydrogen-bond acceptors (Lipinski definition) is 5. The van der Waals surface area contributed by atoms with Crippen LogP contribution in [-0.4, -0.2) is 36.0 Å². The van der Waals surface area contributed by atoms with Crippen LogP contribution in [0.1, 0.15) is 12.0 Å². The minimum Gasteiger partial charge on any atom is -0.304 e. The predicted octanol–water partition coefficient (Wildman–Crippen LogP) is 2.99. The fourth-order valence-electron chi connectivity index (χ4n) is 3.56. The van der Waals surface area contributed by atoms with Gasteiger partial charge >= 0.3 is 17.8 Å². The van der Waals surface area contributed by atoms with E-state index < -0.39 is 27.8 Å². The molecule has 0 fully saturated rings. The van der Waals surface area contributed by atoms with E-state index in [1.165, 1.54) is 12.1 Å². The van der Waals surface area contributed by atoms with Gasteiger partial charge in [0.1, 0.15) is 0 Å². The van der Waals surface area contributed by atoms with Gasteiger partial charge in [-0.2, -0.15) is 22.1 Å². The molecular weight excluding hydrogens is 447 g/mol. The Kier molecular flexibility index (Phi) is 5.37. The average molecular weight is 463 g/mol. The van der Waals surface area contributed by atoms with E-state index in [2.05, 4.69) is 4.98 Å². The lowest BCUT2D eigenvalue weighted by molar-refractivity contribution is -0.170. The van der Waals surface area contributed by atoms with Crippen LogP contribution >= 0.6 is 0 Å². The molecule has 1 amide bonds. The van der Waals surface area contributed by atoms with E-state index in [9.17, 15) is 31.2 Å². The molecule has 0 radical (unpaired) electrons. The average Bonchev–Trinajstić information content (AvgIpc) is 2.77. The normalized spacial score (nSPS) is 14.2. The van der Waals surface area contributed by atoms with Crippen LogP contribution < -0.4 is 10.6 Å². The molecule has 3 aromatic rings. The van der Waals surface area contributed by atoms with Crippen molar-refractivity contribution >= 4 is 21.6 Å². The minimum atomic E-state index is -5.04. The highest BCUT2D eigenvalue weighted by molar-refractivity contribution is 7.90. The molecule has 0 saturated carbocycles. The Bertz CT molecular complexity index is 1350. The first-order valence-corrected chi connectivity index (χ1v) is 11.0. The number of rotatable bonds is 3. The number of carbonyl (C=O) groups excluding carboxylic acids is 1. The van der Waals surface area contributed by atoms with Crippen molar-refractivity contribution in [2.75, 3.05) is 11.4 Å². The van der Waals surface area contributed by atoms with E-state index in [1.807, 2.05) is 0 Å². The van der Waals surface area contributed by atoms with E-state index in [-0.39, 0.29) is 29.1 Å². The third-order valence-corrected chi connectivity index (χ3v) is 6.70. The van der Waals surface area contributed by atoms with Crippen molar-refractivity contribution in [2.24, 2.45) is 0 Å². The van der Waals surface area contributed by atoms with Crippen LogP contribution in [0.2, 0.25) is 0 Å². The summed E-state index contributed by atoms with van der Waals surface area (Å²) < 4.78 is 65.2. The van der Waals surface area contributed by atoms with E-state index in [4.69, 9.17) is 0 Å². The number of hydrogen-bond donors (Lipinski definition) is 0. The first-order chi connectivity index (χ1) is 15.1. The van der Waals surface area contributed by atoms with Gasteiger partial charge in [-0.05, 0) is 42.7 Å². The maximum atomic E-state index is 13.0. The summed E-state index contributed by atoms with van der Waals surface area (Å²) in [5, 5.41) is 0. The van der Waals surface area contributed by atoms with Gasteiger partial charge in [-0.15, -0.1) is 0 Å². The quantitative estimate of drug-likeness (QED) is 0.596. The Morgan fingerprint density at radius 1 is 1.03 bits per heavy atom. The maximum Gasteiger partial charge on any atom is 0.471 e. The minimum absolute atomic E-state index is 0.00224. The molecule has 0 atom stereocenters. The van der Waals surface area contributed by atoms with Gasteiger partial charge in [-0.1, -0.05) is 30.3 Å². The monoisotopic (exact) mass is 463 g/mol. The predicted molar refractivity (Wildman–Crippen MR) is 110 cm³/mol. The van der Waals surface area contributed by atoms with Crippen LogP contribution in [-0.2, 0) is 21.2 Å². The SMILES string of the molecule is O=C(N1CCCc2cc(S(=O)(=O)n3ccc(-c4ccccc4)nc3=O)ccc21)C(F)(F)F. The number of amides is 1. The molecule has 2 heterocycles. The van der Waals surface area contributed by atoms with Gasteiger partial charge < -0.3 is 4.90 Å². The molecule has 1 aliphatic heterocycles. The first-order valence-electron chi connectivity index (χ1n) is 9.51. The first kappa shape index (κ1) is 21.8. The van der Waals surface area contributed by atoms with E-state index >= 15 is 0 Å². The number of alkyl halides is 3. The Labute approximate surface area is 180 Å². The third kappa shape index (κ3) is 3.91. The zero-order valence-electron chi connectivity index (χ0n) is 16.4. The highest BCUT2D eigenvalue weighted by Gasteiger charge is 2.44. The molecular formula is C21H16F3N3O4S. The number of aryl methyl sites for hydroxylation is 1. The van der Waals surface area contributed by atoms with Gasteiger partial charge in [0.15, 0.2) is 0 Å². The molecule has 7 nitrogen and oxygen atoms in total. The number of aromatic nitrogens is 2. The summed E-state index contributed by atoms with van der Waals surface area (Å²) in [6, 6.07) is 13.5. The molecule has 11 heteroatoms. The molecule has 2 aromatic carbocycles. The topological polar surface area (TPSA) is 89.3 Å². The van der Waals surface area contributed by atoms with Gasteiger partial charge in [-0.25, -0.2) is 13.2 Å². The van der Waals surface area contributed by atoms with Gasteiger partial charge in [-0.3, -0.25) is 4.79 Å². The smallest absolute Gasteiger partial charge is 0.304 e. The molecule has 1 aromatic heterocycles. The Balaban J connectivity index is 1.71. The summed E-state index contributed by atoms with van der Waals surface area (Å²) in [7, 11) is -4.35. The van der Waals surface area contributed by atoms with Crippen LogP contribution in [0.15, 0.2) is 70.5 Å². The lowest BCUT2D eigenvalue weighted by Gasteiger charge is -2.30. The van der Waals surface area contributed by atoms with Gasteiger partial charge in [0, 0.05) is 24.0 Å². The Hall–Kier alpha value is -3.47. The Morgan fingerprint density at radius 3 is 2.41 bits per heavy atom. The molecule has 0 saturated heterocycles. The van der Waals surface area contributed by atoms with E-state index in [1.54, 1.807) is 30.3 Å².